The van der Waals surface area contributed by atoms with Gasteiger partial charge in [-0.05, 0) is 24.8 Å². The van der Waals surface area contributed by atoms with Gasteiger partial charge in [0.1, 0.15) is 0 Å². The summed E-state index contributed by atoms with van der Waals surface area (Å²) in [5.41, 5.74) is 2.73. The van der Waals surface area contributed by atoms with E-state index in [4.69, 9.17) is 5.11 Å². The number of aliphatic carboxylic acids is 1. The van der Waals surface area contributed by atoms with Crippen LogP contribution in [0.2, 0.25) is 0 Å². The van der Waals surface area contributed by atoms with Gasteiger partial charge in [-0.15, -0.1) is 11.3 Å². The van der Waals surface area contributed by atoms with Crippen molar-refractivity contribution in [3.63, 3.8) is 0 Å². The Kier molecular flexibility index (Phi) is 4.43. The first kappa shape index (κ1) is 15.7. The Morgan fingerprint density at radius 1 is 1.30 bits per heavy atom. The van der Waals surface area contributed by atoms with Crippen LogP contribution in [-0.4, -0.2) is 22.0 Å². The lowest BCUT2D eigenvalue weighted by Crippen LogP contribution is -2.12. The molecular formula is C17H18N2O3S. The van der Waals surface area contributed by atoms with Crippen LogP contribution in [0.5, 0.6) is 0 Å². The molecule has 120 valence electrons. The van der Waals surface area contributed by atoms with Crippen molar-refractivity contribution in [3.8, 4) is 11.3 Å². The first-order valence-electron chi connectivity index (χ1n) is 7.68. The van der Waals surface area contributed by atoms with Crippen molar-refractivity contribution < 1.29 is 14.7 Å². The van der Waals surface area contributed by atoms with Gasteiger partial charge in [-0.1, -0.05) is 31.2 Å². The number of hydrogen-bond acceptors (Lipinski definition) is 4. The Morgan fingerprint density at radius 2 is 2.00 bits per heavy atom. The summed E-state index contributed by atoms with van der Waals surface area (Å²) in [5, 5.41) is 12.4. The molecule has 0 spiro atoms. The fourth-order valence-corrected chi connectivity index (χ4v) is 3.32. The molecule has 0 saturated heterocycles. The number of anilines is 1. The molecule has 1 heterocycles. The Morgan fingerprint density at radius 3 is 2.57 bits per heavy atom. The zero-order chi connectivity index (χ0) is 16.4. The number of carboxylic acid groups (broad SMARTS) is 1. The van der Waals surface area contributed by atoms with Crippen LogP contribution in [0.1, 0.15) is 30.2 Å². The summed E-state index contributed by atoms with van der Waals surface area (Å²) >= 11 is 1.24. The average Bonchev–Trinajstić information content (AvgIpc) is 3.31. The lowest BCUT2D eigenvalue weighted by atomic mass is 10.1. The van der Waals surface area contributed by atoms with E-state index in [-0.39, 0.29) is 18.2 Å². The van der Waals surface area contributed by atoms with Gasteiger partial charge in [0.05, 0.1) is 12.1 Å². The Balaban J connectivity index is 1.90. The lowest BCUT2D eigenvalue weighted by Gasteiger charge is -2.02. The fraction of sp³-hybridized carbons (Fsp3) is 0.353. The largest absolute Gasteiger partial charge is 0.481 e. The van der Waals surface area contributed by atoms with E-state index in [1.54, 1.807) is 0 Å². The smallest absolute Gasteiger partial charge is 0.308 e. The van der Waals surface area contributed by atoms with Gasteiger partial charge in [-0.2, -0.15) is 0 Å². The summed E-state index contributed by atoms with van der Waals surface area (Å²) in [5.74, 6) is -0.831. The molecule has 1 fully saturated rings. The number of carbonyl (C=O) groups is 2. The number of carbonyl (C=O) groups excluding carboxylic acids is 1. The predicted molar refractivity (Wildman–Crippen MR) is 89.6 cm³/mol. The number of thiazole rings is 1. The molecule has 1 aromatic heterocycles. The highest BCUT2D eigenvalue weighted by Crippen LogP contribution is 2.34. The summed E-state index contributed by atoms with van der Waals surface area (Å²) in [6.07, 6.45) is 2.69. The maximum Gasteiger partial charge on any atom is 0.308 e. The second-order valence-corrected chi connectivity index (χ2v) is 6.76. The van der Waals surface area contributed by atoms with Crippen LogP contribution in [0.25, 0.3) is 11.3 Å². The normalized spacial score (nSPS) is 13.8. The zero-order valence-corrected chi connectivity index (χ0v) is 13.7. The highest BCUT2D eigenvalue weighted by Gasteiger charge is 2.30. The highest BCUT2D eigenvalue weighted by atomic mass is 32.1. The molecular weight excluding hydrogens is 312 g/mol. The van der Waals surface area contributed by atoms with Crippen LogP contribution >= 0.6 is 11.3 Å². The number of nitrogens with zero attached hydrogens (tertiary/aromatic N) is 1. The minimum absolute atomic E-state index is 0.0199. The van der Waals surface area contributed by atoms with Crippen molar-refractivity contribution in [1.82, 2.24) is 4.98 Å². The fourth-order valence-electron chi connectivity index (χ4n) is 2.34. The van der Waals surface area contributed by atoms with Crippen molar-refractivity contribution in [3.05, 3.63) is 34.7 Å². The van der Waals surface area contributed by atoms with Crippen LogP contribution in [0.3, 0.4) is 0 Å². The quantitative estimate of drug-likeness (QED) is 0.851. The first-order valence-corrected chi connectivity index (χ1v) is 8.50. The van der Waals surface area contributed by atoms with Gasteiger partial charge in [-0.3, -0.25) is 9.59 Å². The molecule has 1 amide bonds. The van der Waals surface area contributed by atoms with Gasteiger partial charge in [0.2, 0.25) is 5.91 Å². The lowest BCUT2D eigenvalue weighted by molar-refractivity contribution is -0.136. The van der Waals surface area contributed by atoms with Gasteiger partial charge in [0.25, 0.3) is 0 Å². The number of hydrogen-bond donors (Lipinski definition) is 2. The van der Waals surface area contributed by atoms with Crippen LogP contribution < -0.4 is 5.32 Å². The number of aryl methyl sites for hydroxylation is 1. The Labute approximate surface area is 138 Å². The van der Waals surface area contributed by atoms with Crippen molar-refractivity contribution in [2.45, 2.75) is 32.6 Å². The minimum atomic E-state index is -0.903. The summed E-state index contributed by atoms with van der Waals surface area (Å²) in [7, 11) is 0. The Bertz CT molecular complexity index is 733. The molecule has 3 rings (SSSR count). The SMILES string of the molecule is CCc1ccc(-c2nc(NC(=O)C3CC3)sc2CC(=O)O)cc1. The van der Waals surface area contributed by atoms with Gasteiger partial charge >= 0.3 is 5.97 Å². The number of nitrogens with one attached hydrogen (secondary N) is 1. The summed E-state index contributed by atoms with van der Waals surface area (Å²) < 4.78 is 0. The molecule has 0 bridgehead atoms. The van der Waals surface area contributed by atoms with E-state index in [1.165, 1.54) is 16.9 Å². The molecule has 1 aliphatic rings. The van der Waals surface area contributed by atoms with E-state index in [0.717, 1.165) is 24.8 Å². The van der Waals surface area contributed by atoms with Gasteiger partial charge < -0.3 is 10.4 Å². The van der Waals surface area contributed by atoms with E-state index >= 15 is 0 Å². The van der Waals surface area contributed by atoms with Crippen molar-refractivity contribution in [1.29, 1.82) is 0 Å². The third-order valence-corrected chi connectivity index (χ3v) is 4.79. The monoisotopic (exact) mass is 330 g/mol. The van der Waals surface area contributed by atoms with Crippen LogP contribution in [-0.2, 0) is 22.4 Å². The minimum Gasteiger partial charge on any atom is -0.481 e. The number of amides is 1. The molecule has 1 aromatic carbocycles. The molecule has 2 N–H and O–H groups in total. The maximum absolute atomic E-state index is 11.9. The molecule has 1 aliphatic carbocycles. The third-order valence-electron chi connectivity index (χ3n) is 3.82. The molecule has 23 heavy (non-hydrogen) atoms. The van der Waals surface area contributed by atoms with Crippen LogP contribution in [0.15, 0.2) is 24.3 Å². The zero-order valence-electron chi connectivity index (χ0n) is 12.8. The number of rotatable bonds is 6. The second-order valence-electron chi connectivity index (χ2n) is 5.68. The molecule has 0 atom stereocenters. The van der Waals surface area contributed by atoms with Crippen molar-refractivity contribution >= 4 is 28.3 Å². The topological polar surface area (TPSA) is 79.3 Å². The number of aromatic nitrogens is 1. The van der Waals surface area contributed by atoms with Gasteiger partial charge in [0.15, 0.2) is 5.13 Å². The molecule has 0 radical (unpaired) electrons. The van der Waals surface area contributed by atoms with Crippen LogP contribution in [0.4, 0.5) is 5.13 Å². The third kappa shape index (κ3) is 3.76. The molecule has 0 unspecified atom stereocenters. The predicted octanol–water partition coefficient (Wildman–Crippen LogP) is 3.35. The molecule has 0 aliphatic heterocycles. The van der Waals surface area contributed by atoms with Gasteiger partial charge in [-0.25, -0.2) is 4.98 Å². The maximum atomic E-state index is 11.9. The van der Waals surface area contributed by atoms with E-state index in [9.17, 15) is 9.59 Å². The molecule has 2 aromatic rings. The van der Waals surface area contributed by atoms with E-state index in [0.29, 0.717) is 15.7 Å². The van der Waals surface area contributed by atoms with Crippen LogP contribution in [0, 0.1) is 5.92 Å². The van der Waals surface area contributed by atoms with E-state index in [1.807, 2.05) is 24.3 Å². The van der Waals surface area contributed by atoms with E-state index < -0.39 is 5.97 Å². The molecule has 6 heteroatoms. The summed E-state index contributed by atoms with van der Waals surface area (Å²) in [6, 6.07) is 7.93. The molecule has 5 nitrogen and oxygen atoms in total. The van der Waals surface area contributed by atoms with E-state index in [2.05, 4.69) is 17.2 Å². The van der Waals surface area contributed by atoms with Crippen molar-refractivity contribution in [2.75, 3.05) is 5.32 Å². The summed E-state index contributed by atoms with van der Waals surface area (Å²) in [4.78, 5) is 28.1. The summed E-state index contributed by atoms with van der Waals surface area (Å²) in [6.45, 7) is 2.08. The Hall–Kier alpha value is -2.21. The van der Waals surface area contributed by atoms with Gasteiger partial charge in [0, 0.05) is 16.4 Å². The van der Waals surface area contributed by atoms with Crippen molar-refractivity contribution in [2.24, 2.45) is 5.92 Å². The second kappa shape index (κ2) is 6.50. The standard InChI is InChI=1S/C17H18N2O3S/c1-2-10-3-5-11(6-4-10)15-13(9-14(20)21)23-17(18-15)19-16(22)12-7-8-12/h3-6,12H,2,7-9H2,1H3,(H,20,21)(H,18,19,22). The number of benzene rings is 1. The highest BCUT2D eigenvalue weighted by molar-refractivity contribution is 7.16. The molecule has 1 saturated carbocycles. The first-order chi connectivity index (χ1) is 11.1. The number of carboxylic acids is 1. The average molecular weight is 330 g/mol.